The highest BCUT2D eigenvalue weighted by atomic mass is 16.5. The second-order valence-corrected chi connectivity index (χ2v) is 6.47. The zero-order valence-electron chi connectivity index (χ0n) is 13.5. The van der Waals surface area contributed by atoms with Crippen molar-refractivity contribution in [2.24, 2.45) is 0 Å². The van der Waals surface area contributed by atoms with Gasteiger partial charge in [-0.25, -0.2) is 0 Å². The average molecular weight is 289 g/mol. The molecule has 1 unspecified atom stereocenters. The lowest BCUT2D eigenvalue weighted by Gasteiger charge is -2.51. The molecular weight excluding hydrogens is 262 g/mol. The maximum absolute atomic E-state index is 6.80. The van der Waals surface area contributed by atoms with Gasteiger partial charge in [0.1, 0.15) is 11.4 Å². The minimum absolute atomic E-state index is 0.0210. The van der Waals surface area contributed by atoms with E-state index in [0.717, 1.165) is 44.5 Å². The molecule has 1 aliphatic carbocycles. The first kappa shape index (κ1) is 14.9. The number of nitrogens with one attached hydrogen (secondary N) is 1. The lowest BCUT2D eigenvalue weighted by atomic mass is 9.76. The summed E-state index contributed by atoms with van der Waals surface area (Å²) in [7, 11) is 1.73. The van der Waals surface area contributed by atoms with Crippen LogP contribution in [-0.2, 0) is 16.8 Å². The van der Waals surface area contributed by atoms with Gasteiger partial charge in [-0.1, -0.05) is 19.9 Å². The summed E-state index contributed by atoms with van der Waals surface area (Å²) in [6.07, 6.45) is 5.54. The van der Waals surface area contributed by atoms with Crippen molar-refractivity contribution in [1.82, 2.24) is 5.32 Å². The van der Waals surface area contributed by atoms with Crippen LogP contribution in [0.15, 0.2) is 18.2 Å². The van der Waals surface area contributed by atoms with E-state index in [-0.39, 0.29) is 11.2 Å². The summed E-state index contributed by atoms with van der Waals surface area (Å²) in [5, 5.41) is 3.65. The second kappa shape index (κ2) is 5.62. The van der Waals surface area contributed by atoms with E-state index >= 15 is 0 Å². The molecule has 0 bridgehead atoms. The first-order chi connectivity index (χ1) is 10.2. The molecule has 1 saturated heterocycles. The van der Waals surface area contributed by atoms with E-state index in [9.17, 15) is 0 Å². The third-order valence-electron chi connectivity index (χ3n) is 5.39. The number of morpholine rings is 1. The summed E-state index contributed by atoms with van der Waals surface area (Å²) in [5.74, 6) is 0.951. The Kier molecular flexibility index (Phi) is 3.98. The van der Waals surface area contributed by atoms with Crippen LogP contribution >= 0.6 is 0 Å². The van der Waals surface area contributed by atoms with Gasteiger partial charge < -0.3 is 14.8 Å². The highest BCUT2D eigenvalue weighted by Gasteiger charge is 2.46. The van der Waals surface area contributed by atoms with E-state index in [2.05, 4.69) is 37.4 Å². The molecule has 1 aliphatic heterocycles. The molecule has 3 heteroatoms. The fraction of sp³-hybridized carbons (Fsp3) is 0.667. The van der Waals surface area contributed by atoms with Crippen LogP contribution in [0.3, 0.4) is 0 Å². The molecule has 1 atom stereocenters. The van der Waals surface area contributed by atoms with Crippen LogP contribution < -0.4 is 10.1 Å². The molecule has 0 amide bonds. The quantitative estimate of drug-likeness (QED) is 0.925. The lowest BCUT2D eigenvalue weighted by molar-refractivity contribution is -0.193. The minimum atomic E-state index is -0.149. The van der Waals surface area contributed by atoms with Crippen molar-refractivity contribution in [3.63, 3.8) is 0 Å². The third-order valence-corrected chi connectivity index (χ3v) is 5.39. The van der Waals surface area contributed by atoms with Crippen molar-refractivity contribution >= 4 is 0 Å². The first-order valence-electron chi connectivity index (χ1n) is 8.25. The number of hydrogen-bond acceptors (Lipinski definition) is 3. The molecule has 1 aromatic carbocycles. The highest BCUT2D eigenvalue weighted by molar-refractivity contribution is 5.41. The van der Waals surface area contributed by atoms with Gasteiger partial charge in [0.25, 0.3) is 0 Å². The number of rotatable bonds is 3. The summed E-state index contributed by atoms with van der Waals surface area (Å²) in [5.41, 5.74) is 2.59. The topological polar surface area (TPSA) is 30.5 Å². The molecule has 3 rings (SSSR count). The Labute approximate surface area is 128 Å². The predicted molar refractivity (Wildman–Crippen MR) is 84.9 cm³/mol. The van der Waals surface area contributed by atoms with Gasteiger partial charge in [-0.3, -0.25) is 0 Å². The smallest absolute Gasteiger partial charge is 0.119 e. The number of benzene rings is 1. The largest absolute Gasteiger partial charge is 0.497 e. The number of aryl methyl sites for hydroxylation is 1. The fourth-order valence-electron chi connectivity index (χ4n) is 3.96. The molecule has 0 saturated carbocycles. The van der Waals surface area contributed by atoms with Crippen LogP contribution in [0, 0.1) is 0 Å². The van der Waals surface area contributed by atoms with Gasteiger partial charge in [0, 0.05) is 13.1 Å². The zero-order valence-corrected chi connectivity index (χ0v) is 13.5. The molecule has 1 aromatic rings. The molecule has 1 spiro atoms. The minimum Gasteiger partial charge on any atom is -0.497 e. The summed E-state index contributed by atoms with van der Waals surface area (Å²) in [4.78, 5) is 0. The van der Waals surface area contributed by atoms with Gasteiger partial charge in [-0.15, -0.1) is 0 Å². The Hall–Kier alpha value is -1.06. The molecular formula is C18H27NO2. The van der Waals surface area contributed by atoms with Crippen LogP contribution in [0.25, 0.3) is 0 Å². The number of methoxy groups -OCH3 is 1. The van der Waals surface area contributed by atoms with Crippen molar-refractivity contribution in [3.05, 3.63) is 29.3 Å². The summed E-state index contributed by atoms with van der Waals surface area (Å²) in [6, 6.07) is 6.48. The maximum Gasteiger partial charge on any atom is 0.119 e. The van der Waals surface area contributed by atoms with Gasteiger partial charge in [-0.2, -0.15) is 0 Å². The van der Waals surface area contributed by atoms with E-state index < -0.39 is 0 Å². The molecule has 1 fully saturated rings. The third kappa shape index (κ3) is 2.47. The predicted octanol–water partition coefficient (Wildman–Crippen LogP) is 3.41. The van der Waals surface area contributed by atoms with Gasteiger partial charge >= 0.3 is 0 Å². The van der Waals surface area contributed by atoms with Crippen molar-refractivity contribution in [3.8, 4) is 5.75 Å². The van der Waals surface area contributed by atoms with E-state index in [0.29, 0.717) is 0 Å². The normalized spacial score (nSPS) is 27.4. The van der Waals surface area contributed by atoms with Gasteiger partial charge in [0.15, 0.2) is 0 Å². The Bertz CT molecular complexity index is 510. The fourth-order valence-corrected chi connectivity index (χ4v) is 3.96. The van der Waals surface area contributed by atoms with Crippen LogP contribution in [0.1, 0.15) is 50.7 Å². The number of fused-ring (bicyclic) bond motifs is 2. The summed E-state index contributed by atoms with van der Waals surface area (Å²) in [6.45, 7) is 6.37. The standard InChI is InChI=1S/C18H27NO2/c1-4-17(5-2)12-19-13-18(21-17)10-6-7-14-11-15(20-3)8-9-16(14)18/h8-9,11,19H,4-7,10,12-13H2,1-3H3. The Morgan fingerprint density at radius 2 is 2.05 bits per heavy atom. The van der Waals surface area contributed by atoms with Crippen molar-refractivity contribution < 1.29 is 9.47 Å². The average Bonchev–Trinajstić information content (AvgIpc) is 2.54. The molecule has 2 aliphatic rings. The SMILES string of the molecule is CCC1(CC)CNCC2(CCCc3cc(OC)ccc32)O1. The lowest BCUT2D eigenvalue weighted by Crippen LogP contribution is -2.59. The maximum atomic E-state index is 6.80. The second-order valence-electron chi connectivity index (χ2n) is 6.47. The molecule has 1 N–H and O–H groups in total. The van der Waals surface area contributed by atoms with E-state index in [4.69, 9.17) is 9.47 Å². The number of hydrogen-bond donors (Lipinski definition) is 1. The van der Waals surface area contributed by atoms with Crippen LogP contribution in [0.5, 0.6) is 5.75 Å². The summed E-state index contributed by atoms with van der Waals surface area (Å²) < 4.78 is 12.2. The van der Waals surface area contributed by atoms with Gasteiger partial charge in [0.05, 0.1) is 12.7 Å². The molecule has 0 aromatic heterocycles. The van der Waals surface area contributed by atoms with Gasteiger partial charge in [0.2, 0.25) is 0 Å². The van der Waals surface area contributed by atoms with Crippen molar-refractivity contribution in [2.45, 2.75) is 57.2 Å². The highest BCUT2D eigenvalue weighted by Crippen LogP contribution is 2.45. The molecule has 3 nitrogen and oxygen atoms in total. The monoisotopic (exact) mass is 289 g/mol. The Morgan fingerprint density at radius 3 is 2.76 bits per heavy atom. The molecule has 21 heavy (non-hydrogen) atoms. The van der Waals surface area contributed by atoms with Crippen LogP contribution in [0.4, 0.5) is 0 Å². The molecule has 116 valence electrons. The Morgan fingerprint density at radius 1 is 1.24 bits per heavy atom. The first-order valence-corrected chi connectivity index (χ1v) is 8.25. The van der Waals surface area contributed by atoms with Crippen molar-refractivity contribution in [1.29, 1.82) is 0 Å². The number of ether oxygens (including phenoxy) is 2. The van der Waals surface area contributed by atoms with E-state index in [1.165, 1.54) is 17.5 Å². The van der Waals surface area contributed by atoms with Crippen molar-refractivity contribution in [2.75, 3.05) is 20.2 Å². The van der Waals surface area contributed by atoms with E-state index in [1.807, 2.05) is 0 Å². The summed E-state index contributed by atoms with van der Waals surface area (Å²) >= 11 is 0. The van der Waals surface area contributed by atoms with E-state index in [1.54, 1.807) is 7.11 Å². The van der Waals surface area contributed by atoms with Gasteiger partial charge in [-0.05, 0) is 55.4 Å². The zero-order chi connectivity index (χ0) is 14.9. The molecule has 0 radical (unpaired) electrons. The van der Waals surface area contributed by atoms with Crippen LogP contribution in [0.2, 0.25) is 0 Å². The Balaban J connectivity index is 2.00. The van der Waals surface area contributed by atoms with Crippen LogP contribution in [-0.4, -0.2) is 25.8 Å². The molecule has 1 heterocycles.